The van der Waals surface area contributed by atoms with Crippen molar-refractivity contribution in [3.63, 3.8) is 0 Å². The molecule has 0 aliphatic rings. The third kappa shape index (κ3) is 3.06. The molecule has 0 bridgehead atoms. The van der Waals surface area contributed by atoms with Crippen LogP contribution in [0.25, 0.3) is 0 Å². The molecule has 0 fully saturated rings. The Hall–Kier alpha value is -0.840. The third-order valence-electron chi connectivity index (χ3n) is 1.87. The summed E-state index contributed by atoms with van der Waals surface area (Å²) in [6.07, 6.45) is -2.72. The Labute approximate surface area is 93.4 Å². The molecule has 0 aromatic heterocycles. The van der Waals surface area contributed by atoms with Gasteiger partial charge in [-0.15, -0.1) is 0 Å². The fraction of sp³-hybridized carbons (Fsp3) is 0.300. The number of ketones is 1. The predicted octanol–water partition coefficient (Wildman–Crippen LogP) is 3.73. The van der Waals surface area contributed by atoms with E-state index in [-0.39, 0.29) is 12.0 Å². The van der Waals surface area contributed by atoms with Gasteiger partial charge in [0.25, 0.3) is 6.43 Å². The lowest BCUT2D eigenvalue weighted by Gasteiger charge is -2.07. The number of rotatable bonds is 4. The lowest BCUT2D eigenvalue weighted by molar-refractivity contribution is 0.0975. The summed E-state index contributed by atoms with van der Waals surface area (Å²) in [7, 11) is 0. The molecule has 82 valence electrons. The number of Topliss-reactive ketones (excluding diaryl/α,β-unsaturated/α-hetero) is 1. The number of halogens is 4. The van der Waals surface area contributed by atoms with Crippen LogP contribution in [-0.2, 0) is 0 Å². The maximum atomic E-state index is 12.7. The molecule has 1 aromatic carbocycles. The van der Waals surface area contributed by atoms with Crippen LogP contribution in [0.15, 0.2) is 18.2 Å². The van der Waals surface area contributed by atoms with E-state index in [1.54, 1.807) is 0 Å². The van der Waals surface area contributed by atoms with Gasteiger partial charge in [-0.25, -0.2) is 13.2 Å². The average molecular weight is 281 g/mol. The molecule has 0 spiro atoms. The molecule has 1 aromatic rings. The monoisotopic (exact) mass is 280 g/mol. The third-order valence-corrected chi connectivity index (χ3v) is 2.27. The SMILES string of the molecule is O=C(CCBr)c1ccc(F)cc1C(F)F. The Morgan fingerprint density at radius 2 is 2.07 bits per heavy atom. The maximum Gasteiger partial charge on any atom is 0.264 e. The van der Waals surface area contributed by atoms with Crippen molar-refractivity contribution in [1.29, 1.82) is 0 Å². The van der Waals surface area contributed by atoms with Crippen molar-refractivity contribution in [1.82, 2.24) is 0 Å². The summed E-state index contributed by atoms with van der Waals surface area (Å²) >= 11 is 3.04. The van der Waals surface area contributed by atoms with Gasteiger partial charge in [0, 0.05) is 22.9 Å². The molecule has 0 saturated heterocycles. The van der Waals surface area contributed by atoms with E-state index in [9.17, 15) is 18.0 Å². The molecule has 0 amide bonds. The van der Waals surface area contributed by atoms with Gasteiger partial charge in [0.2, 0.25) is 0 Å². The molecular weight excluding hydrogens is 273 g/mol. The summed E-state index contributed by atoms with van der Waals surface area (Å²) in [5, 5.41) is 0.395. The van der Waals surface area contributed by atoms with Crippen molar-refractivity contribution in [2.24, 2.45) is 0 Å². The summed E-state index contributed by atoms with van der Waals surface area (Å²) in [6.45, 7) is 0. The number of alkyl halides is 3. The number of benzene rings is 1. The van der Waals surface area contributed by atoms with Gasteiger partial charge in [-0.1, -0.05) is 15.9 Å². The summed E-state index contributed by atoms with van der Waals surface area (Å²) in [4.78, 5) is 11.4. The van der Waals surface area contributed by atoms with Crippen LogP contribution in [0.5, 0.6) is 0 Å². The van der Waals surface area contributed by atoms with Gasteiger partial charge >= 0.3 is 0 Å². The van der Waals surface area contributed by atoms with Gasteiger partial charge < -0.3 is 0 Å². The van der Waals surface area contributed by atoms with Crippen LogP contribution in [0, 0.1) is 5.82 Å². The van der Waals surface area contributed by atoms with E-state index in [1.165, 1.54) is 0 Å². The highest BCUT2D eigenvalue weighted by Crippen LogP contribution is 2.25. The topological polar surface area (TPSA) is 17.1 Å². The number of hydrogen-bond donors (Lipinski definition) is 0. The zero-order valence-electron chi connectivity index (χ0n) is 7.64. The zero-order chi connectivity index (χ0) is 11.4. The number of carbonyl (C=O) groups excluding carboxylic acids is 1. The van der Waals surface area contributed by atoms with E-state index in [1.807, 2.05) is 0 Å². The lowest BCUT2D eigenvalue weighted by Crippen LogP contribution is -2.05. The summed E-state index contributed by atoms with van der Waals surface area (Å²) in [6, 6.07) is 2.81. The second kappa shape index (κ2) is 5.30. The fourth-order valence-corrected chi connectivity index (χ4v) is 1.55. The van der Waals surface area contributed by atoms with E-state index in [2.05, 4.69) is 15.9 Å². The van der Waals surface area contributed by atoms with Crippen LogP contribution in [-0.4, -0.2) is 11.1 Å². The quantitative estimate of drug-likeness (QED) is 0.607. The number of hydrogen-bond acceptors (Lipinski definition) is 1. The maximum absolute atomic E-state index is 12.7. The molecule has 0 aliphatic heterocycles. The molecule has 0 radical (unpaired) electrons. The highest BCUT2D eigenvalue weighted by atomic mass is 79.9. The van der Waals surface area contributed by atoms with E-state index in [0.29, 0.717) is 11.4 Å². The fourth-order valence-electron chi connectivity index (χ4n) is 1.19. The van der Waals surface area contributed by atoms with Gasteiger partial charge in [0.05, 0.1) is 0 Å². The van der Waals surface area contributed by atoms with Crippen LogP contribution in [0.4, 0.5) is 13.2 Å². The van der Waals surface area contributed by atoms with Gasteiger partial charge in [-0.3, -0.25) is 4.79 Å². The largest absolute Gasteiger partial charge is 0.294 e. The van der Waals surface area contributed by atoms with Gasteiger partial charge in [-0.05, 0) is 18.2 Å². The molecule has 15 heavy (non-hydrogen) atoms. The smallest absolute Gasteiger partial charge is 0.264 e. The second-order valence-corrected chi connectivity index (χ2v) is 3.69. The molecule has 0 heterocycles. The normalized spacial score (nSPS) is 10.7. The highest BCUT2D eigenvalue weighted by Gasteiger charge is 2.18. The molecule has 0 atom stereocenters. The van der Waals surface area contributed by atoms with Gasteiger partial charge in [0.1, 0.15) is 5.82 Å². The van der Waals surface area contributed by atoms with Crippen molar-refractivity contribution in [3.05, 3.63) is 35.1 Å². The first-order valence-corrected chi connectivity index (χ1v) is 5.35. The summed E-state index contributed by atoms with van der Waals surface area (Å²) < 4.78 is 37.7. The van der Waals surface area contributed by atoms with E-state index in [4.69, 9.17) is 0 Å². The average Bonchev–Trinajstić information content (AvgIpc) is 2.17. The summed E-state index contributed by atoms with van der Waals surface area (Å²) in [5.74, 6) is -1.18. The first kappa shape index (κ1) is 12.2. The zero-order valence-corrected chi connectivity index (χ0v) is 9.23. The first-order valence-electron chi connectivity index (χ1n) is 4.23. The molecular formula is C10H8BrF3O. The van der Waals surface area contributed by atoms with Crippen molar-refractivity contribution >= 4 is 21.7 Å². The standard InChI is InChI=1S/C10H8BrF3O/c11-4-3-9(15)7-2-1-6(12)5-8(7)10(13)14/h1-2,5,10H,3-4H2. The van der Waals surface area contributed by atoms with Crippen LogP contribution < -0.4 is 0 Å². The minimum atomic E-state index is -2.84. The molecule has 0 aliphatic carbocycles. The molecule has 0 saturated carbocycles. The van der Waals surface area contributed by atoms with Crippen molar-refractivity contribution < 1.29 is 18.0 Å². The Balaban J connectivity index is 3.11. The Bertz CT molecular complexity index is 366. The lowest BCUT2D eigenvalue weighted by atomic mass is 10.0. The van der Waals surface area contributed by atoms with Crippen molar-refractivity contribution in [2.75, 3.05) is 5.33 Å². The Morgan fingerprint density at radius 1 is 1.40 bits per heavy atom. The van der Waals surface area contributed by atoms with E-state index >= 15 is 0 Å². The Kier molecular flexibility index (Phi) is 4.32. The minimum absolute atomic E-state index is 0.106. The van der Waals surface area contributed by atoms with Gasteiger partial charge in [0.15, 0.2) is 5.78 Å². The molecule has 5 heteroatoms. The van der Waals surface area contributed by atoms with Crippen molar-refractivity contribution in [3.8, 4) is 0 Å². The molecule has 1 nitrogen and oxygen atoms in total. The Morgan fingerprint density at radius 3 is 2.60 bits per heavy atom. The van der Waals surface area contributed by atoms with Crippen LogP contribution in [0.3, 0.4) is 0 Å². The van der Waals surface area contributed by atoms with E-state index < -0.39 is 23.6 Å². The van der Waals surface area contributed by atoms with Crippen LogP contribution >= 0.6 is 15.9 Å². The van der Waals surface area contributed by atoms with Crippen LogP contribution in [0.2, 0.25) is 0 Å². The van der Waals surface area contributed by atoms with E-state index in [0.717, 1.165) is 12.1 Å². The van der Waals surface area contributed by atoms with Gasteiger partial charge in [-0.2, -0.15) is 0 Å². The first-order chi connectivity index (χ1) is 7.06. The summed E-state index contributed by atoms with van der Waals surface area (Å²) in [5.41, 5.74) is -0.646. The molecule has 1 rings (SSSR count). The second-order valence-electron chi connectivity index (χ2n) is 2.89. The minimum Gasteiger partial charge on any atom is -0.294 e. The molecule has 0 N–H and O–H groups in total. The predicted molar refractivity (Wildman–Crippen MR) is 54.1 cm³/mol. The van der Waals surface area contributed by atoms with Crippen molar-refractivity contribution in [2.45, 2.75) is 12.8 Å². The highest BCUT2D eigenvalue weighted by molar-refractivity contribution is 9.09. The molecule has 0 unspecified atom stereocenters. The number of carbonyl (C=O) groups is 1. The van der Waals surface area contributed by atoms with Crippen LogP contribution in [0.1, 0.15) is 28.8 Å².